The second-order valence-electron chi connectivity index (χ2n) is 3.15. The fourth-order valence-corrected chi connectivity index (χ4v) is 2.31. The molecule has 0 spiro atoms. The quantitative estimate of drug-likeness (QED) is 0.551. The highest BCUT2D eigenvalue weighted by Gasteiger charge is 2.44. The normalized spacial score (nSPS) is 36.0. The SMILES string of the molecule is CC/C(C)=C1\SC1(C)CC. The van der Waals surface area contributed by atoms with Crippen LogP contribution in [0.5, 0.6) is 0 Å². The molecule has 1 atom stereocenters. The molecule has 1 rings (SSSR count). The molecule has 0 amide bonds. The first kappa shape index (κ1) is 8.19. The molecule has 0 nitrogen and oxygen atoms in total. The molecule has 0 aromatic heterocycles. The van der Waals surface area contributed by atoms with Crippen LogP contribution in [0.4, 0.5) is 0 Å². The summed E-state index contributed by atoms with van der Waals surface area (Å²) in [5.74, 6) is 0. The van der Waals surface area contributed by atoms with E-state index in [1.165, 1.54) is 12.8 Å². The van der Waals surface area contributed by atoms with Gasteiger partial charge in [0.05, 0.1) is 0 Å². The summed E-state index contributed by atoms with van der Waals surface area (Å²) >= 11 is 2.05. The fourth-order valence-electron chi connectivity index (χ4n) is 1.13. The van der Waals surface area contributed by atoms with Gasteiger partial charge in [0.25, 0.3) is 0 Å². The lowest BCUT2D eigenvalue weighted by Gasteiger charge is -1.99. The third-order valence-electron chi connectivity index (χ3n) is 2.36. The monoisotopic (exact) mass is 156 g/mol. The molecule has 1 saturated heterocycles. The van der Waals surface area contributed by atoms with Crippen LogP contribution in [0.3, 0.4) is 0 Å². The molecule has 0 aromatic carbocycles. The molecule has 1 aliphatic rings. The van der Waals surface area contributed by atoms with E-state index < -0.39 is 0 Å². The van der Waals surface area contributed by atoms with Gasteiger partial charge in [-0.2, -0.15) is 0 Å². The Labute approximate surface area is 68.1 Å². The highest BCUT2D eigenvalue weighted by molar-refractivity contribution is 8.12. The van der Waals surface area contributed by atoms with Crippen molar-refractivity contribution in [2.45, 2.75) is 45.3 Å². The lowest BCUT2D eigenvalue weighted by molar-refractivity contribution is 0.787. The summed E-state index contributed by atoms with van der Waals surface area (Å²) in [5, 5.41) is 0. The van der Waals surface area contributed by atoms with Crippen molar-refractivity contribution in [2.24, 2.45) is 0 Å². The molecule has 0 aliphatic carbocycles. The second kappa shape index (κ2) is 2.61. The van der Waals surface area contributed by atoms with E-state index in [2.05, 4.69) is 39.5 Å². The van der Waals surface area contributed by atoms with Gasteiger partial charge in [0.2, 0.25) is 0 Å². The van der Waals surface area contributed by atoms with Gasteiger partial charge in [0.15, 0.2) is 0 Å². The van der Waals surface area contributed by atoms with E-state index in [1.807, 2.05) is 0 Å². The summed E-state index contributed by atoms with van der Waals surface area (Å²) in [7, 11) is 0. The minimum Gasteiger partial charge on any atom is -0.117 e. The van der Waals surface area contributed by atoms with E-state index in [-0.39, 0.29) is 0 Å². The maximum atomic E-state index is 2.34. The summed E-state index contributed by atoms with van der Waals surface area (Å²) in [6.45, 7) is 9.09. The van der Waals surface area contributed by atoms with Gasteiger partial charge in [-0.15, -0.1) is 11.8 Å². The highest BCUT2D eigenvalue weighted by atomic mass is 32.2. The predicted molar refractivity (Wildman–Crippen MR) is 49.3 cm³/mol. The fraction of sp³-hybridized carbons (Fsp3) is 0.778. The van der Waals surface area contributed by atoms with Gasteiger partial charge in [0.1, 0.15) is 0 Å². The number of allylic oxidation sites excluding steroid dienone is 1. The van der Waals surface area contributed by atoms with Gasteiger partial charge < -0.3 is 0 Å². The first-order valence-corrected chi connectivity index (χ1v) is 4.85. The summed E-state index contributed by atoms with van der Waals surface area (Å²) in [6, 6.07) is 0. The van der Waals surface area contributed by atoms with Crippen LogP contribution in [-0.2, 0) is 0 Å². The smallest absolute Gasteiger partial charge is 0.0481 e. The molecule has 0 radical (unpaired) electrons. The van der Waals surface area contributed by atoms with Crippen LogP contribution in [0.15, 0.2) is 10.5 Å². The molecule has 0 bridgehead atoms. The molecule has 0 aromatic rings. The maximum absolute atomic E-state index is 2.34. The van der Waals surface area contributed by atoms with Crippen molar-refractivity contribution in [3.8, 4) is 0 Å². The molecule has 58 valence electrons. The first-order valence-electron chi connectivity index (χ1n) is 4.03. The standard InChI is InChI=1S/C9H16S/c1-5-7(3)8-9(4,6-2)10-8/h5-6H2,1-4H3/b8-7-. The van der Waals surface area contributed by atoms with Crippen LogP contribution in [0.1, 0.15) is 40.5 Å². The van der Waals surface area contributed by atoms with Crippen molar-refractivity contribution >= 4 is 11.8 Å². The number of hydrogen-bond donors (Lipinski definition) is 0. The second-order valence-corrected chi connectivity index (χ2v) is 4.66. The summed E-state index contributed by atoms with van der Waals surface area (Å²) < 4.78 is 0.528. The molecule has 1 unspecified atom stereocenters. The minimum absolute atomic E-state index is 0.528. The number of rotatable bonds is 2. The van der Waals surface area contributed by atoms with Crippen LogP contribution in [0.2, 0.25) is 0 Å². The molecule has 0 saturated carbocycles. The van der Waals surface area contributed by atoms with Crippen molar-refractivity contribution in [1.29, 1.82) is 0 Å². The topological polar surface area (TPSA) is 0 Å². The summed E-state index contributed by atoms with van der Waals surface area (Å²) in [6.07, 6.45) is 2.50. The van der Waals surface area contributed by atoms with Crippen LogP contribution in [-0.4, -0.2) is 4.75 Å². The third-order valence-corrected chi connectivity index (χ3v) is 4.10. The van der Waals surface area contributed by atoms with Gasteiger partial charge in [-0.3, -0.25) is 0 Å². The first-order chi connectivity index (χ1) is 4.64. The van der Waals surface area contributed by atoms with E-state index in [9.17, 15) is 0 Å². The Hall–Kier alpha value is 0.0900. The molecule has 1 heteroatoms. The molecule has 10 heavy (non-hydrogen) atoms. The van der Waals surface area contributed by atoms with Crippen molar-refractivity contribution in [3.63, 3.8) is 0 Å². The minimum atomic E-state index is 0.528. The number of thioether (sulfide) groups is 1. The van der Waals surface area contributed by atoms with Crippen molar-refractivity contribution in [1.82, 2.24) is 0 Å². The van der Waals surface area contributed by atoms with Gasteiger partial charge in [-0.1, -0.05) is 19.4 Å². The Morgan fingerprint density at radius 2 is 2.10 bits per heavy atom. The Morgan fingerprint density at radius 3 is 2.40 bits per heavy atom. The van der Waals surface area contributed by atoms with E-state index >= 15 is 0 Å². The largest absolute Gasteiger partial charge is 0.117 e. The lowest BCUT2D eigenvalue weighted by atomic mass is 10.0. The molecule has 0 N–H and O–H groups in total. The van der Waals surface area contributed by atoms with E-state index in [0.717, 1.165) is 0 Å². The zero-order valence-corrected chi connectivity index (χ0v) is 8.14. The molecular weight excluding hydrogens is 140 g/mol. The Morgan fingerprint density at radius 1 is 1.50 bits per heavy atom. The van der Waals surface area contributed by atoms with Gasteiger partial charge in [0, 0.05) is 9.65 Å². The van der Waals surface area contributed by atoms with Crippen molar-refractivity contribution < 1.29 is 0 Å². The van der Waals surface area contributed by atoms with E-state index in [4.69, 9.17) is 0 Å². The van der Waals surface area contributed by atoms with E-state index in [0.29, 0.717) is 4.75 Å². The zero-order chi connectivity index (χ0) is 7.78. The third kappa shape index (κ3) is 1.24. The van der Waals surface area contributed by atoms with Gasteiger partial charge in [-0.05, 0) is 26.7 Å². The summed E-state index contributed by atoms with van der Waals surface area (Å²) in [4.78, 5) is 1.65. The Balaban J connectivity index is 2.66. The summed E-state index contributed by atoms with van der Waals surface area (Å²) in [5.41, 5.74) is 1.59. The Bertz CT molecular complexity index is 170. The zero-order valence-electron chi connectivity index (χ0n) is 7.32. The van der Waals surface area contributed by atoms with Gasteiger partial charge >= 0.3 is 0 Å². The number of hydrogen-bond acceptors (Lipinski definition) is 1. The van der Waals surface area contributed by atoms with Crippen molar-refractivity contribution in [2.75, 3.05) is 0 Å². The van der Waals surface area contributed by atoms with Crippen LogP contribution in [0.25, 0.3) is 0 Å². The lowest BCUT2D eigenvalue weighted by Crippen LogP contribution is -1.97. The van der Waals surface area contributed by atoms with Crippen LogP contribution < -0.4 is 0 Å². The Kier molecular flexibility index (Phi) is 2.14. The molecule has 1 heterocycles. The van der Waals surface area contributed by atoms with Crippen LogP contribution in [0, 0.1) is 0 Å². The molecule has 1 fully saturated rings. The predicted octanol–water partition coefficient (Wildman–Crippen LogP) is 3.59. The van der Waals surface area contributed by atoms with Crippen molar-refractivity contribution in [3.05, 3.63) is 10.5 Å². The average Bonchev–Trinajstić information content (AvgIpc) is 2.62. The highest BCUT2D eigenvalue weighted by Crippen LogP contribution is 2.61. The van der Waals surface area contributed by atoms with Gasteiger partial charge in [-0.25, -0.2) is 0 Å². The molecular formula is C9H16S. The van der Waals surface area contributed by atoms with Crippen LogP contribution >= 0.6 is 11.8 Å². The van der Waals surface area contributed by atoms with E-state index in [1.54, 1.807) is 10.5 Å². The maximum Gasteiger partial charge on any atom is 0.0481 e. The average molecular weight is 156 g/mol. The molecule has 1 aliphatic heterocycles.